The summed E-state index contributed by atoms with van der Waals surface area (Å²) in [5.74, 6) is 0.649. The third kappa shape index (κ3) is 3.28. The number of nitrogens with zero attached hydrogens (tertiary/aromatic N) is 2. The molecule has 0 spiro atoms. The molecular weight excluding hydrogens is 373 g/mol. The van der Waals surface area contributed by atoms with Crippen LogP contribution in [0.5, 0.6) is 0 Å². The Morgan fingerprint density at radius 2 is 2.12 bits per heavy atom. The molecule has 1 saturated heterocycles. The van der Waals surface area contributed by atoms with Crippen LogP contribution in [0.4, 0.5) is 4.39 Å². The molecule has 0 aliphatic carbocycles. The number of likely N-dealkylation sites (tertiary alicyclic amines) is 1. The highest BCUT2D eigenvalue weighted by Gasteiger charge is 2.40. The molecule has 1 amide bonds. The van der Waals surface area contributed by atoms with Gasteiger partial charge in [-0.05, 0) is 6.07 Å². The van der Waals surface area contributed by atoms with Crippen molar-refractivity contribution in [1.29, 1.82) is 0 Å². The maximum atomic E-state index is 15.4. The average molecular weight is 392 g/mol. The first-order valence-corrected chi connectivity index (χ1v) is 10.00. The SMILES string of the molecule is O=C(C1C=C(c2cn[nH]c2)SC1)N1CCC(F)(c2ccccc2Cl)CC1. The fourth-order valence-electron chi connectivity index (χ4n) is 3.58. The van der Waals surface area contributed by atoms with Crippen molar-refractivity contribution in [2.75, 3.05) is 18.8 Å². The molecule has 4 nitrogen and oxygen atoms in total. The van der Waals surface area contributed by atoms with E-state index in [-0.39, 0.29) is 24.7 Å². The van der Waals surface area contributed by atoms with Crippen molar-refractivity contribution in [3.63, 3.8) is 0 Å². The number of nitrogens with one attached hydrogen (secondary N) is 1. The van der Waals surface area contributed by atoms with Crippen LogP contribution in [0.15, 0.2) is 42.7 Å². The number of carbonyl (C=O) groups is 1. The minimum Gasteiger partial charge on any atom is -0.342 e. The smallest absolute Gasteiger partial charge is 0.230 e. The van der Waals surface area contributed by atoms with Crippen LogP contribution >= 0.6 is 23.4 Å². The average Bonchev–Trinajstić information content (AvgIpc) is 3.33. The quantitative estimate of drug-likeness (QED) is 0.850. The van der Waals surface area contributed by atoms with Gasteiger partial charge in [-0.25, -0.2) is 4.39 Å². The van der Waals surface area contributed by atoms with Gasteiger partial charge in [-0.15, -0.1) is 11.8 Å². The Morgan fingerprint density at radius 3 is 2.81 bits per heavy atom. The largest absolute Gasteiger partial charge is 0.342 e. The van der Waals surface area contributed by atoms with Gasteiger partial charge in [-0.2, -0.15) is 5.10 Å². The van der Waals surface area contributed by atoms with E-state index in [1.807, 2.05) is 12.3 Å². The van der Waals surface area contributed by atoms with Crippen molar-refractivity contribution in [3.8, 4) is 0 Å². The van der Waals surface area contributed by atoms with Crippen LogP contribution < -0.4 is 0 Å². The van der Waals surface area contributed by atoms with Gasteiger partial charge < -0.3 is 4.90 Å². The zero-order valence-corrected chi connectivity index (χ0v) is 15.7. The highest BCUT2D eigenvalue weighted by Crippen LogP contribution is 2.42. The predicted molar refractivity (Wildman–Crippen MR) is 103 cm³/mol. The van der Waals surface area contributed by atoms with Gasteiger partial charge >= 0.3 is 0 Å². The molecule has 26 heavy (non-hydrogen) atoms. The van der Waals surface area contributed by atoms with Gasteiger partial charge in [0.05, 0.1) is 12.1 Å². The van der Waals surface area contributed by atoms with Crippen LogP contribution in [-0.4, -0.2) is 39.8 Å². The summed E-state index contributed by atoms with van der Waals surface area (Å²) in [7, 11) is 0. The molecule has 0 bridgehead atoms. The molecule has 0 radical (unpaired) electrons. The van der Waals surface area contributed by atoms with E-state index in [1.165, 1.54) is 0 Å². The summed E-state index contributed by atoms with van der Waals surface area (Å²) in [5.41, 5.74) is 0.0786. The summed E-state index contributed by atoms with van der Waals surface area (Å²) < 4.78 is 15.4. The number of aromatic nitrogens is 2. The van der Waals surface area contributed by atoms with Crippen LogP contribution in [0.3, 0.4) is 0 Å². The number of benzene rings is 1. The molecule has 3 heterocycles. The maximum absolute atomic E-state index is 15.4. The number of carbonyl (C=O) groups excluding carboxylic acids is 1. The lowest BCUT2D eigenvalue weighted by molar-refractivity contribution is -0.136. The molecule has 1 fully saturated rings. The Kier molecular flexibility index (Phi) is 4.80. The molecular formula is C19H19ClFN3OS. The number of amides is 1. The molecule has 7 heteroatoms. The van der Waals surface area contributed by atoms with Gasteiger partial charge in [-0.1, -0.05) is 35.9 Å². The number of piperidine rings is 1. The standard InChI is InChI=1S/C19H19ClFN3OS/c20-16-4-2-1-3-15(16)19(21)5-7-24(8-6-19)18(25)13-9-17(26-12-13)14-10-22-23-11-14/h1-4,9-11,13H,5-8,12H2,(H,22,23). The molecule has 1 unspecified atom stereocenters. The van der Waals surface area contributed by atoms with Crippen molar-refractivity contribution < 1.29 is 9.18 Å². The number of rotatable bonds is 3. The predicted octanol–water partition coefficient (Wildman–Crippen LogP) is 4.25. The summed E-state index contributed by atoms with van der Waals surface area (Å²) in [5, 5.41) is 7.20. The molecule has 4 rings (SSSR count). The molecule has 1 aromatic heterocycles. The van der Waals surface area contributed by atoms with Gasteiger partial charge in [0.15, 0.2) is 0 Å². The molecule has 1 N–H and O–H groups in total. The zero-order valence-electron chi connectivity index (χ0n) is 14.1. The lowest BCUT2D eigenvalue weighted by Gasteiger charge is -2.37. The number of hydrogen-bond acceptors (Lipinski definition) is 3. The second-order valence-electron chi connectivity index (χ2n) is 6.71. The summed E-state index contributed by atoms with van der Waals surface area (Å²) in [6, 6.07) is 7.06. The number of H-pyrrole nitrogens is 1. The number of hydrogen-bond donors (Lipinski definition) is 1. The van der Waals surface area contributed by atoms with Gasteiger partial charge in [0.1, 0.15) is 5.67 Å². The summed E-state index contributed by atoms with van der Waals surface area (Å²) in [4.78, 5) is 15.7. The second-order valence-corrected chi connectivity index (χ2v) is 8.17. The van der Waals surface area contributed by atoms with E-state index in [4.69, 9.17) is 11.6 Å². The molecule has 2 aliphatic heterocycles. The van der Waals surface area contributed by atoms with Crippen molar-refractivity contribution in [2.24, 2.45) is 5.92 Å². The van der Waals surface area contributed by atoms with Crippen molar-refractivity contribution in [1.82, 2.24) is 15.1 Å². The fourth-order valence-corrected chi connectivity index (χ4v) is 5.02. The normalized spacial score (nSPS) is 22.3. The molecule has 2 aromatic rings. The van der Waals surface area contributed by atoms with E-state index in [2.05, 4.69) is 10.2 Å². The zero-order chi connectivity index (χ0) is 18.1. The number of alkyl halides is 1. The van der Waals surface area contributed by atoms with Crippen LogP contribution in [0.1, 0.15) is 24.0 Å². The summed E-state index contributed by atoms with van der Waals surface area (Å²) >= 11 is 7.84. The van der Waals surface area contributed by atoms with Crippen LogP contribution in [0.2, 0.25) is 5.02 Å². The van der Waals surface area contributed by atoms with E-state index >= 15 is 4.39 Å². The Hall–Kier alpha value is -1.79. The third-order valence-electron chi connectivity index (χ3n) is 5.10. The molecule has 0 saturated carbocycles. The van der Waals surface area contributed by atoms with E-state index in [9.17, 15) is 4.79 Å². The van der Waals surface area contributed by atoms with E-state index in [0.29, 0.717) is 23.7 Å². The minimum absolute atomic E-state index is 0.0807. The Bertz CT molecular complexity index is 831. The highest BCUT2D eigenvalue weighted by atomic mass is 35.5. The Balaban J connectivity index is 1.42. The Morgan fingerprint density at radius 1 is 1.35 bits per heavy atom. The minimum atomic E-state index is -1.46. The number of aromatic amines is 1. The monoisotopic (exact) mass is 391 g/mol. The highest BCUT2D eigenvalue weighted by molar-refractivity contribution is 8.08. The summed E-state index contributed by atoms with van der Waals surface area (Å²) in [6.45, 7) is 0.827. The first-order chi connectivity index (χ1) is 12.6. The summed E-state index contributed by atoms with van der Waals surface area (Å²) in [6.07, 6.45) is 6.14. The van der Waals surface area contributed by atoms with Gasteiger partial charge in [0.25, 0.3) is 0 Å². The lowest BCUT2D eigenvalue weighted by Crippen LogP contribution is -2.45. The van der Waals surface area contributed by atoms with E-state index < -0.39 is 5.67 Å². The molecule has 1 atom stereocenters. The molecule has 2 aliphatic rings. The molecule has 136 valence electrons. The van der Waals surface area contributed by atoms with Gasteiger partial charge in [0, 0.05) is 58.9 Å². The third-order valence-corrected chi connectivity index (χ3v) is 6.63. The Labute approximate surface area is 160 Å². The van der Waals surface area contributed by atoms with Crippen molar-refractivity contribution in [2.45, 2.75) is 18.5 Å². The van der Waals surface area contributed by atoms with Crippen molar-refractivity contribution in [3.05, 3.63) is 58.9 Å². The fraction of sp³-hybridized carbons (Fsp3) is 0.368. The molecule has 1 aromatic carbocycles. The first kappa shape index (κ1) is 17.6. The van der Waals surface area contributed by atoms with Gasteiger partial charge in [0.2, 0.25) is 5.91 Å². The van der Waals surface area contributed by atoms with Crippen LogP contribution in [-0.2, 0) is 10.5 Å². The van der Waals surface area contributed by atoms with Gasteiger partial charge in [-0.3, -0.25) is 9.89 Å². The maximum Gasteiger partial charge on any atom is 0.230 e. The van der Waals surface area contributed by atoms with E-state index in [1.54, 1.807) is 47.1 Å². The number of halogens is 2. The van der Waals surface area contributed by atoms with E-state index in [0.717, 1.165) is 16.2 Å². The topological polar surface area (TPSA) is 49.0 Å². The first-order valence-electron chi connectivity index (χ1n) is 8.63. The lowest BCUT2D eigenvalue weighted by atomic mass is 9.85. The van der Waals surface area contributed by atoms with Crippen LogP contribution in [0, 0.1) is 5.92 Å². The number of thioether (sulfide) groups is 1. The second kappa shape index (κ2) is 7.08. The van der Waals surface area contributed by atoms with Crippen LogP contribution in [0.25, 0.3) is 4.91 Å². The van der Waals surface area contributed by atoms with Crippen molar-refractivity contribution >= 4 is 34.2 Å².